The van der Waals surface area contributed by atoms with Crippen molar-refractivity contribution in [1.29, 1.82) is 0 Å². The standard InChI is InChI=1S/C24H23N5O5S/c1-3-19-21(23(31)34-2)22(16-6-8-17(9-7-16)29(32)33)28-18(14-35-24(28)27-19)11-20(30)26-13-15-5-4-10-25-12-15/h4-10,12,14,22H,3,11,13H2,1-2H3,(H,26,30). The largest absolute Gasteiger partial charge is 0.466 e. The van der Waals surface area contributed by atoms with E-state index in [0.717, 1.165) is 5.56 Å². The van der Waals surface area contributed by atoms with Crippen LogP contribution in [0.3, 0.4) is 0 Å². The number of nitro groups is 1. The number of non-ortho nitro benzene ring substituents is 1. The van der Waals surface area contributed by atoms with E-state index >= 15 is 0 Å². The van der Waals surface area contributed by atoms with Crippen LogP contribution in [0, 0.1) is 10.1 Å². The van der Waals surface area contributed by atoms with Crippen molar-refractivity contribution >= 4 is 34.5 Å². The lowest BCUT2D eigenvalue weighted by molar-refractivity contribution is -0.384. The number of rotatable bonds is 8. The number of pyridine rings is 1. The quantitative estimate of drug-likeness (QED) is 0.334. The van der Waals surface area contributed by atoms with Gasteiger partial charge in [0.15, 0.2) is 5.17 Å². The highest BCUT2D eigenvalue weighted by Gasteiger charge is 2.41. The molecule has 1 aromatic heterocycles. The summed E-state index contributed by atoms with van der Waals surface area (Å²) in [6.07, 6.45) is 3.90. The second-order valence-corrected chi connectivity index (χ2v) is 8.60. The number of aliphatic imine (C=N–C) groups is 1. The molecule has 1 amide bonds. The molecule has 0 aliphatic carbocycles. The summed E-state index contributed by atoms with van der Waals surface area (Å²) >= 11 is 1.37. The van der Waals surface area contributed by atoms with Gasteiger partial charge < -0.3 is 15.0 Å². The Balaban J connectivity index is 1.65. The number of nitrogens with one attached hydrogen (secondary N) is 1. The van der Waals surface area contributed by atoms with E-state index in [-0.39, 0.29) is 18.0 Å². The maximum absolute atomic E-state index is 12.9. The third-order valence-electron chi connectivity index (χ3n) is 5.60. The summed E-state index contributed by atoms with van der Waals surface area (Å²) in [7, 11) is 1.30. The van der Waals surface area contributed by atoms with Crippen LogP contribution in [0.4, 0.5) is 5.69 Å². The molecular formula is C24H23N5O5S. The lowest BCUT2D eigenvalue weighted by atomic mass is 9.92. The van der Waals surface area contributed by atoms with Crippen molar-refractivity contribution in [2.45, 2.75) is 32.4 Å². The van der Waals surface area contributed by atoms with Gasteiger partial charge >= 0.3 is 5.97 Å². The van der Waals surface area contributed by atoms with Crippen LogP contribution < -0.4 is 5.32 Å². The highest BCUT2D eigenvalue weighted by atomic mass is 32.2. The van der Waals surface area contributed by atoms with Crippen LogP contribution in [0.15, 0.2) is 76.2 Å². The Morgan fingerprint density at radius 2 is 2.03 bits per heavy atom. The van der Waals surface area contributed by atoms with Crippen molar-refractivity contribution in [2.75, 3.05) is 7.11 Å². The molecule has 2 aromatic rings. The average Bonchev–Trinajstić information content (AvgIpc) is 3.28. The molecule has 0 fully saturated rings. The van der Waals surface area contributed by atoms with Gasteiger partial charge in [0.25, 0.3) is 5.69 Å². The molecule has 3 heterocycles. The molecule has 1 N–H and O–H groups in total. The molecule has 11 heteroatoms. The van der Waals surface area contributed by atoms with Gasteiger partial charge in [-0.25, -0.2) is 9.79 Å². The summed E-state index contributed by atoms with van der Waals surface area (Å²) in [6.45, 7) is 2.23. The fraction of sp³-hybridized carbons (Fsp3) is 0.250. The number of hydrogen-bond donors (Lipinski definition) is 1. The van der Waals surface area contributed by atoms with Gasteiger partial charge in [-0.3, -0.25) is 19.9 Å². The number of aromatic nitrogens is 1. The lowest BCUT2D eigenvalue weighted by Gasteiger charge is -2.36. The maximum atomic E-state index is 12.9. The van der Waals surface area contributed by atoms with E-state index in [1.807, 2.05) is 23.3 Å². The number of amidine groups is 1. The summed E-state index contributed by atoms with van der Waals surface area (Å²) < 4.78 is 5.08. The predicted octanol–water partition coefficient (Wildman–Crippen LogP) is 3.83. The molecule has 0 saturated heterocycles. The first-order valence-corrected chi connectivity index (χ1v) is 11.8. The van der Waals surface area contributed by atoms with Crippen molar-refractivity contribution < 1.29 is 19.2 Å². The minimum atomic E-state index is -0.641. The van der Waals surface area contributed by atoms with Crippen molar-refractivity contribution in [2.24, 2.45) is 4.99 Å². The smallest absolute Gasteiger partial charge is 0.338 e. The average molecular weight is 494 g/mol. The topological polar surface area (TPSA) is 127 Å². The SMILES string of the molecule is CCC1=C(C(=O)OC)C(c2ccc([N+](=O)[O-])cc2)N2C(CC(=O)NCc3cccnc3)=CSC2=N1. The summed E-state index contributed by atoms with van der Waals surface area (Å²) in [5.74, 6) is -0.737. The Labute approximate surface area is 205 Å². The number of nitrogens with zero attached hydrogens (tertiary/aromatic N) is 4. The zero-order valence-electron chi connectivity index (χ0n) is 19.1. The van der Waals surface area contributed by atoms with Crippen LogP contribution in [0.2, 0.25) is 0 Å². The normalized spacial score (nSPS) is 16.9. The number of hydrogen-bond acceptors (Lipinski definition) is 9. The second-order valence-electron chi connectivity index (χ2n) is 7.76. The monoisotopic (exact) mass is 493 g/mol. The van der Waals surface area contributed by atoms with Gasteiger partial charge in [0.05, 0.1) is 35.8 Å². The first-order valence-electron chi connectivity index (χ1n) is 10.9. The molecule has 0 spiro atoms. The van der Waals surface area contributed by atoms with Crippen molar-refractivity contribution in [3.63, 3.8) is 0 Å². The number of fused-ring (bicyclic) bond motifs is 1. The minimum Gasteiger partial charge on any atom is -0.466 e. The van der Waals surface area contributed by atoms with E-state index in [1.165, 1.54) is 31.0 Å². The first kappa shape index (κ1) is 24.1. The van der Waals surface area contributed by atoms with Gasteiger partial charge in [-0.05, 0) is 41.2 Å². The van der Waals surface area contributed by atoms with Gasteiger partial charge in [0, 0.05) is 36.8 Å². The summed E-state index contributed by atoms with van der Waals surface area (Å²) in [6, 6.07) is 9.06. The molecule has 1 aromatic carbocycles. The van der Waals surface area contributed by atoms with E-state index in [4.69, 9.17) is 4.74 Å². The number of nitro benzene ring substituents is 1. The lowest BCUT2D eigenvalue weighted by Crippen LogP contribution is -2.38. The van der Waals surface area contributed by atoms with Crippen LogP contribution in [0.25, 0.3) is 0 Å². The third-order valence-corrected chi connectivity index (χ3v) is 6.49. The highest BCUT2D eigenvalue weighted by Crippen LogP contribution is 2.45. The summed E-state index contributed by atoms with van der Waals surface area (Å²) in [5.41, 5.74) is 3.06. The zero-order chi connectivity index (χ0) is 24.9. The van der Waals surface area contributed by atoms with E-state index < -0.39 is 16.9 Å². The second kappa shape index (κ2) is 10.5. The van der Waals surface area contributed by atoms with Gasteiger partial charge in [-0.15, -0.1) is 0 Å². The van der Waals surface area contributed by atoms with Crippen LogP contribution in [0.1, 0.15) is 36.9 Å². The summed E-state index contributed by atoms with van der Waals surface area (Å²) in [4.78, 5) is 46.9. The Bertz CT molecular complexity index is 1240. The van der Waals surface area contributed by atoms with Crippen LogP contribution in [-0.4, -0.2) is 39.0 Å². The van der Waals surface area contributed by atoms with Crippen LogP contribution >= 0.6 is 11.8 Å². The molecule has 10 nitrogen and oxygen atoms in total. The molecule has 35 heavy (non-hydrogen) atoms. The molecule has 1 atom stereocenters. The molecular weight excluding hydrogens is 470 g/mol. The number of methoxy groups -OCH3 is 1. The Morgan fingerprint density at radius 1 is 1.26 bits per heavy atom. The van der Waals surface area contributed by atoms with Gasteiger partial charge in [0.2, 0.25) is 5.91 Å². The van der Waals surface area contributed by atoms with E-state index in [1.54, 1.807) is 30.6 Å². The van der Waals surface area contributed by atoms with Crippen LogP contribution in [0.5, 0.6) is 0 Å². The Hall–Kier alpha value is -3.99. The predicted molar refractivity (Wildman–Crippen MR) is 131 cm³/mol. The Kier molecular flexibility index (Phi) is 7.25. The van der Waals surface area contributed by atoms with Crippen molar-refractivity contribution in [1.82, 2.24) is 15.2 Å². The van der Waals surface area contributed by atoms with Crippen molar-refractivity contribution in [3.05, 3.63) is 92.4 Å². The number of carbonyl (C=O) groups is 2. The zero-order valence-corrected chi connectivity index (χ0v) is 19.9. The number of amides is 1. The fourth-order valence-corrected chi connectivity index (χ4v) is 4.87. The fourth-order valence-electron chi connectivity index (χ4n) is 3.94. The van der Waals surface area contributed by atoms with Crippen LogP contribution in [-0.2, 0) is 20.9 Å². The third kappa shape index (κ3) is 5.09. The summed E-state index contributed by atoms with van der Waals surface area (Å²) in [5, 5.41) is 16.5. The van der Waals surface area contributed by atoms with E-state index in [2.05, 4.69) is 15.3 Å². The van der Waals surface area contributed by atoms with Crippen molar-refractivity contribution in [3.8, 4) is 0 Å². The van der Waals surface area contributed by atoms with Gasteiger partial charge in [0.1, 0.15) is 0 Å². The number of thioether (sulfide) groups is 1. The number of benzene rings is 1. The number of ether oxygens (including phenoxy) is 1. The molecule has 0 radical (unpaired) electrons. The number of allylic oxidation sites excluding steroid dienone is 1. The molecule has 2 aliphatic heterocycles. The van der Waals surface area contributed by atoms with E-state index in [0.29, 0.717) is 40.7 Å². The highest BCUT2D eigenvalue weighted by molar-refractivity contribution is 8.16. The first-order chi connectivity index (χ1) is 16.9. The van der Waals surface area contributed by atoms with E-state index in [9.17, 15) is 19.7 Å². The minimum absolute atomic E-state index is 0.0564. The number of carbonyl (C=O) groups excluding carboxylic acids is 2. The molecule has 0 saturated carbocycles. The molecule has 1 unspecified atom stereocenters. The van der Waals surface area contributed by atoms with Gasteiger partial charge in [-0.2, -0.15) is 0 Å². The molecule has 0 bridgehead atoms. The maximum Gasteiger partial charge on any atom is 0.338 e. The number of esters is 1. The molecule has 4 rings (SSSR count). The molecule has 2 aliphatic rings. The Morgan fingerprint density at radius 3 is 2.66 bits per heavy atom. The van der Waals surface area contributed by atoms with Gasteiger partial charge in [-0.1, -0.05) is 24.8 Å². The molecule has 180 valence electrons.